The van der Waals surface area contributed by atoms with Gasteiger partial charge in [0, 0.05) is 7.05 Å². The minimum absolute atomic E-state index is 0.283. The molecule has 5 rings (SSSR count). The number of nitrogens with one attached hydrogen (secondary N) is 1. The molecule has 1 saturated heterocycles. The minimum atomic E-state index is -1.06. The Hall–Kier alpha value is -3.55. The molecule has 8 heteroatoms. The maximum absolute atomic E-state index is 13.2. The van der Waals surface area contributed by atoms with Gasteiger partial charge in [-0.1, -0.05) is 36.4 Å². The van der Waals surface area contributed by atoms with E-state index < -0.39 is 11.6 Å². The Bertz CT molecular complexity index is 1070. The molecule has 1 N–H and O–H groups in total. The van der Waals surface area contributed by atoms with Gasteiger partial charge in [-0.15, -0.1) is 0 Å². The molecule has 1 fully saturated rings. The van der Waals surface area contributed by atoms with Crippen LogP contribution in [-0.2, 0) is 21.5 Å². The van der Waals surface area contributed by atoms with E-state index in [1.54, 1.807) is 7.05 Å². The number of carbonyl (C=O) groups excluding carboxylic acids is 3. The highest BCUT2D eigenvalue weighted by atomic mass is 16.6. The molecule has 2 aromatic carbocycles. The number of nitrogens with zero attached hydrogens (tertiary/aromatic N) is 2. The van der Waals surface area contributed by atoms with E-state index in [1.165, 1.54) is 4.90 Å². The van der Waals surface area contributed by atoms with E-state index in [-0.39, 0.29) is 31.0 Å². The maximum atomic E-state index is 13.2. The number of ether oxygens (including phenoxy) is 2. The molecule has 0 radical (unpaired) electrons. The van der Waals surface area contributed by atoms with Gasteiger partial charge in [0.25, 0.3) is 5.91 Å². The number of benzene rings is 2. The molecule has 8 nitrogen and oxygen atoms in total. The van der Waals surface area contributed by atoms with Gasteiger partial charge in [-0.05, 0) is 36.1 Å². The minimum Gasteiger partial charge on any atom is -0.486 e. The van der Waals surface area contributed by atoms with E-state index in [0.717, 1.165) is 16.0 Å². The molecule has 0 saturated carbocycles. The van der Waals surface area contributed by atoms with Crippen LogP contribution in [-0.4, -0.2) is 60.5 Å². The zero-order valence-corrected chi connectivity index (χ0v) is 17.2. The first-order chi connectivity index (χ1) is 15.0. The molecule has 2 heterocycles. The number of hydrogen-bond donors (Lipinski definition) is 1. The summed E-state index contributed by atoms with van der Waals surface area (Å²) in [7, 11) is 1.63. The summed E-state index contributed by atoms with van der Waals surface area (Å²) in [5, 5.41) is 2.84. The van der Waals surface area contributed by atoms with Gasteiger partial charge < -0.3 is 19.7 Å². The Morgan fingerprint density at radius 2 is 1.90 bits per heavy atom. The van der Waals surface area contributed by atoms with Crippen LogP contribution in [0.4, 0.5) is 4.79 Å². The van der Waals surface area contributed by atoms with Gasteiger partial charge in [-0.3, -0.25) is 14.5 Å². The van der Waals surface area contributed by atoms with E-state index in [1.807, 2.05) is 48.5 Å². The number of likely N-dealkylation sites (N-methyl/N-ethyl adjacent to an activating group) is 1. The van der Waals surface area contributed by atoms with Crippen molar-refractivity contribution in [3.8, 4) is 11.5 Å². The number of fused-ring (bicyclic) bond motifs is 3. The fourth-order valence-electron chi connectivity index (χ4n) is 4.55. The lowest BCUT2D eigenvalue weighted by molar-refractivity contribution is -0.139. The maximum Gasteiger partial charge on any atom is 0.325 e. The Kier molecular flexibility index (Phi) is 4.57. The number of imide groups is 1. The summed E-state index contributed by atoms with van der Waals surface area (Å²) in [6.45, 7) is 0.289. The molecular formula is C23H23N3O5. The van der Waals surface area contributed by atoms with Gasteiger partial charge in [0.05, 0.1) is 6.54 Å². The van der Waals surface area contributed by atoms with Crippen LogP contribution >= 0.6 is 0 Å². The quantitative estimate of drug-likeness (QED) is 0.759. The number of urea groups is 1. The van der Waals surface area contributed by atoms with Crippen LogP contribution in [0.25, 0.3) is 0 Å². The second-order valence-electron chi connectivity index (χ2n) is 8.16. The molecule has 2 aromatic rings. The van der Waals surface area contributed by atoms with Crippen molar-refractivity contribution in [2.24, 2.45) is 0 Å². The SMILES string of the molecule is CN(C[C@@H]1COc2ccccc2O1)C(=O)CN1C(=O)N[C@@]2(CCc3ccccc32)C1=O. The van der Waals surface area contributed by atoms with Gasteiger partial charge in [-0.25, -0.2) is 4.79 Å². The molecule has 1 spiro atoms. The molecule has 2 aliphatic heterocycles. The molecule has 160 valence electrons. The van der Waals surface area contributed by atoms with Crippen LogP contribution < -0.4 is 14.8 Å². The van der Waals surface area contributed by atoms with Crippen molar-refractivity contribution < 1.29 is 23.9 Å². The van der Waals surface area contributed by atoms with E-state index in [9.17, 15) is 14.4 Å². The van der Waals surface area contributed by atoms with Crippen molar-refractivity contribution in [3.63, 3.8) is 0 Å². The van der Waals surface area contributed by atoms with Crippen molar-refractivity contribution in [2.75, 3.05) is 26.7 Å². The van der Waals surface area contributed by atoms with Crippen molar-refractivity contribution in [1.29, 1.82) is 0 Å². The summed E-state index contributed by atoms with van der Waals surface area (Å²) >= 11 is 0. The predicted octanol–water partition coefficient (Wildman–Crippen LogP) is 1.68. The molecule has 4 amide bonds. The van der Waals surface area contributed by atoms with Crippen LogP contribution in [0.2, 0.25) is 0 Å². The summed E-state index contributed by atoms with van der Waals surface area (Å²) in [6.07, 6.45) is 0.883. The van der Waals surface area contributed by atoms with Crippen LogP contribution in [0.15, 0.2) is 48.5 Å². The summed E-state index contributed by atoms with van der Waals surface area (Å²) in [5.41, 5.74) is 0.815. The Balaban J connectivity index is 1.25. The lowest BCUT2D eigenvalue weighted by Crippen LogP contribution is -2.47. The highest BCUT2D eigenvalue weighted by molar-refractivity contribution is 6.09. The number of aryl methyl sites for hydroxylation is 1. The molecule has 1 aliphatic carbocycles. The Labute approximate surface area is 179 Å². The second-order valence-corrected chi connectivity index (χ2v) is 8.16. The lowest BCUT2D eigenvalue weighted by atomic mass is 9.92. The first-order valence-electron chi connectivity index (χ1n) is 10.3. The predicted molar refractivity (Wildman–Crippen MR) is 111 cm³/mol. The Morgan fingerprint density at radius 1 is 1.16 bits per heavy atom. The molecule has 2 atom stereocenters. The number of carbonyl (C=O) groups is 3. The number of rotatable bonds is 4. The topological polar surface area (TPSA) is 88.2 Å². The van der Waals surface area contributed by atoms with Gasteiger partial charge in [-0.2, -0.15) is 0 Å². The summed E-state index contributed by atoms with van der Waals surface area (Å²) < 4.78 is 11.6. The first-order valence-corrected chi connectivity index (χ1v) is 10.3. The molecule has 0 aromatic heterocycles. The fourth-order valence-corrected chi connectivity index (χ4v) is 4.55. The third-order valence-electron chi connectivity index (χ3n) is 6.19. The van der Waals surface area contributed by atoms with Crippen molar-refractivity contribution in [1.82, 2.24) is 15.1 Å². The lowest BCUT2D eigenvalue weighted by Gasteiger charge is -2.30. The number of para-hydroxylation sites is 2. The normalized spacial score (nSPS) is 23.6. The average Bonchev–Trinajstić information content (AvgIpc) is 3.26. The third kappa shape index (κ3) is 3.19. The summed E-state index contributed by atoms with van der Waals surface area (Å²) in [5.74, 6) is 0.606. The van der Waals surface area contributed by atoms with Gasteiger partial charge >= 0.3 is 6.03 Å². The molecule has 0 bridgehead atoms. The monoisotopic (exact) mass is 421 g/mol. The zero-order valence-electron chi connectivity index (χ0n) is 17.2. The number of amides is 4. The highest BCUT2D eigenvalue weighted by Crippen LogP contribution is 2.41. The van der Waals surface area contributed by atoms with Gasteiger partial charge in [0.15, 0.2) is 17.6 Å². The van der Waals surface area contributed by atoms with Gasteiger partial charge in [0.2, 0.25) is 5.91 Å². The smallest absolute Gasteiger partial charge is 0.325 e. The highest BCUT2D eigenvalue weighted by Gasteiger charge is 2.55. The first kappa shape index (κ1) is 19.4. The molecular weight excluding hydrogens is 398 g/mol. The molecule has 3 aliphatic rings. The Morgan fingerprint density at radius 3 is 2.74 bits per heavy atom. The van der Waals surface area contributed by atoms with E-state index in [4.69, 9.17) is 9.47 Å². The summed E-state index contributed by atoms with van der Waals surface area (Å²) in [6, 6.07) is 14.5. The van der Waals surface area contributed by atoms with E-state index in [2.05, 4.69) is 5.32 Å². The molecule has 31 heavy (non-hydrogen) atoms. The fraction of sp³-hybridized carbons (Fsp3) is 0.348. The van der Waals surface area contributed by atoms with Crippen LogP contribution in [0.3, 0.4) is 0 Å². The third-order valence-corrected chi connectivity index (χ3v) is 6.19. The van der Waals surface area contributed by atoms with Gasteiger partial charge in [0.1, 0.15) is 18.7 Å². The van der Waals surface area contributed by atoms with Crippen molar-refractivity contribution in [3.05, 3.63) is 59.7 Å². The standard InChI is InChI=1S/C23H23N3O5/c1-25(12-16-14-30-18-8-4-5-9-19(18)31-16)20(27)13-26-21(28)23(24-22(26)29)11-10-15-6-2-3-7-17(15)23/h2-9,16H,10-14H2,1H3,(H,24,29)/t16-,23-/m1/s1. The van der Waals surface area contributed by atoms with Crippen LogP contribution in [0.1, 0.15) is 17.5 Å². The molecule has 0 unspecified atom stereocenters. The van der Waals surface area contributed by atoms with E-state index >= 15 is 0 Å². The second kappa shape index (κ2) is 7.30. The van der Waals surface area contributed by atoms with Crippen LogP contribution in [0, 0.1) is 0 Å². The van der Waals surface area contributed by atoms with Crippen molar-refractivity contribution in [2.45, 2.75) is 24.5 Å². The summed E-state index contributed by atoms with van der Waals surface area (Å²) in [4.78, 5) is 41.1. The van der Waals surface area contributed by atoms with E-state index in [0.29, 0.717) is 30.9 Å². The number of hydrogen-bond acceptors (Lipinski definition) is 5. The zero-order chi connectivity index (χ0) is 21.6. The van der Waals surface area contributed by atoms with Crippen molar-refractivity contribution >= 4 is 17.8 Å². The van der Waals surface area contributed by atoms with Crippen LogP contribution in [0.5, 0.6) is 11.5 Å². The largest absolute Gasteiger partial charge is 0.486 e. The average molecular weight is 421 g/mol.